The van der Waals surface area contributed by atoms with Gasteiger partial charge >= 0.3 is 0 Å². The van der Waals surface area contributed by atoms with Crippen LogP contribution in [0.1, 0.15) is 22.9 Å². The number of nitrogens with one attached hydrogen (secondary N) is 2. The molecule has 0 aliphatic carbocycles. The van der Waals surface area contributed by atoms with Gasteiger partial charge in [-0.05, 0) is 30.7 Å². The van der Waals surface area contributed by atoms with Crippen LogP contribution in [-0.4, -0.2) is 5.91 Å². The first-order valence-corrected chi connectivity index (χ1v) is 7.06. The molecule has 1 aromatic heterocycles. The second kappa shape index (κ2) is 6.22. The van der Waals surface area contributed by atoms with E-state index in [9.17, 15) is 4.79 Å². The fraction of sp³-hybridized carbons (Fsp3) is 0.200. The van der Waals surface area contributed by atoms with E-state index in [1.54, 1.807) is 11.3 Å². The molecule has 0 radical (unpaired) electrons. The van der Waals surface area contributed by atoms with Gasteiger partial charge < -0.3 is 10.6 Å². The standard InChI is InChI=1S/C15H15N3OS/c1-10-3-4-13(18-11(2)19)6-15(10)17-8-14-5-12(7-16)9-20-14/h3-6,9,17H,8H2,1-2H3,(H,18,19). The Kier molecular flexibility index (Phi) is 4.38. The molecule has 0 saturated heterocycles. The van der Waals surface area contributed by atoms with E-state index < -0.39 is 0 Å². The second-order valence-corrected chi connectivity index (χ2v) is 5.47. The van der Waals surface area contributed by atoms with E-state index >= 15 is 0 Å². The monoisotopic (exact) mass is 285 g/mol. The van der Waals surface area contributed by atoms with Crippen LogP contribution in [0.3, 0.4) is 0 Å². The van der Waals surface area contributed by atoms with Gasteiger partial charge in [-0.2, -0.15) is 5.26 Å². The van der Waals surface area contributed by atoms with Crippen molar-refractivity contribution in [2.45, 2.75) is 20.4 Å². The molecule has 2 rings (SSSR count). The lowest BCUT2D eigenvalue weighted by molar-refractivity contribution is -0.114. The number of carbonyl (C=O) groups is 1. The molecule has 1 aromatic carbocycles. The zero-order chi connectivity index (χ0) is 14.5. The smallest absolute Gasteiger partial charge is 0.221 e. The average Bonchev–Trinajstić information content (AvgIpc) is 2.87. The second-order valence-electron chi connectivity index (χ2n) is 4.48. The number of anilines is 2. The number of aryl methyl sites for hydroxylation is 1. The van der Waals surface area contributed by atoms with E-state index in [1.165, 1.54) is 6.92 Å². The zero-order valence-electron chi connectivity index (χ0n) is 11.4. The molecule has 0 spiro atoms. The Morgan fingerprint density at radius 3 is 2.85 bits per heavy atom. The molecule has 0 aliphatic heterocycles. The van der Waals surface area contributed by atoms with Gasteiger partial charge in [-0.15, -0.1) is 11.3 Å². The molecule has 4 nitrogen and oxygen atoms in total. The summed E-state index contributed by atoms with van der Waals surface area (Å²) in [6.07, 6.45) is 0. The highest BCUT2D eigenvalue weighted by atomic mass is 32.1. The summed E-state index contributed by atoms with van der Waals surface area (Å²) in [4.78, 5) is 12.2. The van der Waals surface area contributed by atoms with Gasteiger partial charge in [0, 0.05) is 35.1 Å². The fourth-order valence-corrected chi connectivity index (χ4v) is 2.56. The van der Waals surface area contributed by atoms with Gasteiger partial charge in [0.25, 0.3) is 0 Å². The highest BCUT2D eigenvalue weighted by Crippen LogP contribution is 2.22. The first-order valence-electron chi connectivity index (χ1n) is 6.18. The van der Waals surface area contributed by atoms with Gasteiger partial charge in [-0.1, -0.05) is 6.07 Å². The molecule has 0 saturated carbocycles. The number of hydrogen-bond donors (Lipinski definition) is 2. The van der Waals surface area contributed by atoms with Crippen LogP contribution in [-0.2, 0) is 11.3 Å². The maximum absolute atomic E-state index is 11.1. The first kappa shape index (κ1) is 14.1. The molecule has 0 aliphatic rings. The van der Waals surface area contributed by atoms with Gasteiger partial charge in [0.15, 0.2) is 0 Å². The summed E-state index contributed by atoms with van der Waals surface area (Å²) in [5, 5.41) is 16.7. The van der Waals surface area contributed by atoms with Crippen LogP contribution in [0.4, 0.5) is 11.4 Å². The molecule has 5 heteroatoms. The van der Waals surface area contributed by atoms with E-state index in [0.29, 0.717) is 12.1 Å². The van der Waals surface area contributed by atoms with E-state index in [1.807, 2.05) is 36.6 Å². The molecule has 2 aromatic rings. The molecule has 1 amide bonds. The number of thiophene rings is 1. The Morgan fingerprint density at radius 2 is 2.20 bits per heavy atom. The number of hydrogen-bond acceptors (Lipinski definition) is 4. The highest BCUT2D eigenvalue weighted by molar-refractivity contribution is 7.10. The number of rotatable bonds is 4. The number of nitriles is 1. The van der Waals surface area contributed by atoms with Crippen LogP contribution < -0.4 is 10.6 Å². The fourth-order valence-electron chi connectivity index (χ4n) is 1.81. The van der Waals surface area contributed by atoms with E-state index in [2.05, 4.69) is 16.7 Å². The van der Waals surface area contributed by atoms with Crippen LogP contribution in [0, 0.1) is 18.3 Å². The lowest BCUT2D eigenvalue weighted by Gasteiger charge is -2.11. The molecule has 1 heterocycles. The van der Waals surface area contributed by atoms with Crippen molar-refractivity contribution in [2.75, 3.05) is 10.6 Å². The summed E-state index contributed by atoms with van der Waals surface area (Å²) in [5.74, 6) is -0.0864. The zero-order valence-corrected chi connectivity index (χ0v) is 12.2. The SMILES string of the molecule is CC(=O)Nc1ccc(C)c(NCc2cc(C#N)cs2)c1. The maximum atomic E-state index is 11.1. The Labute approximate surface area is 122 Å². The molecule has 0 atom stereocenters. The summed E-state index contributed by atoms with van der Waals surface area (Å²) >= 11 is 1.56. The van der Waals surface area contributed by atoms with E-state index in [-0.39, 0.29) is 5.91 Å². The summed E-state index contributed by atoms with van der Waals surface area (Å²) in [6, 6.07) is 9.75. The van der Waals surface area contributed by atoms with Crippen molar-refractivity contribution in [1.29, 1.82) is 5.26 Å². The summed E-state index contributed by atoms with van der Waals surface area (Å²) in [7, 11) is 0. The van der Waals surface area contributed by atoms with Crippen LogP contribution in [0.15, 0.2) is 29.6 Å². The summed E-state index contributed by atoms with van der Waals surface area (Å²) in [6.45, 7) is 4.16. The molecule has 0 unspecified atom stereocenters. The van der Waals surface area contributed by atoms with Crippen LogP contribution in [0.5, 0.6) is 0 Å². The van der Waals surface area contributed by atoms with Crippen LogP contribution in [0.25, 0.3) is 0 Å². The minimum absolute atomic E-state index is 0.0864. The molecular weight excluding hydrogens is 270 g/mol. The Bertz CT molecular complexity index is 670. The van der Waals surface area contributed by atoms with Gasteiger partial charge in [0.05, 0.1) is 5.56 Å². The molecule has 0 fully saturated rings. The molecular formula is C15H15N3OS. The van der Waals surface area contributed by atoms with Crippen molar-refractivity contribution >= 4 is 28.6 Å². The van der Waals surface area contributed by atoms with Crippen LogP contribution >= 0.6 is 11.3 Å². The topological polar surface area (TPSA) is 64.9 Å². The third-order valence-corrected chi connectivity index (χ3v) is 3.73. The Balaban J connectivity index is 2.08. The normalized spacial score (nSPS) is 9.85. The van der Waals surface area contributed by atoms with E-state index in [4.69, 9.17) is 5.26 Å². The minimum atomic E-state index is -0.0864. The number of nitrogens with zero attached hydrogens (tertiary/aromatic N) is 1. The Morgan fingerprint density at radius 1 is 1.40 bits per heavy atom. The van der Waals surface area contributed by atoms with Gasteiger partial charge in [-0.3, -0.25) is 4.79 Å². The van der Waals surface area contributed by atoms with Gasteiger partial charge in [0.1, 0.15) is 6.07 Å². The van der Waals surface area contributed by atoms with Crippen molar-refractivity contribution in [3.63, 3.8) is 0 Å². The molecule has 0 bridgehead atoms. The van der Waals surface area contributed by atoms with Crippen molar-refractivity contribution in [3.8, 4) is 6.07 Å². The number of benzene rings is 1. The maximum Gasteiger partial charge on any atom is 0.221 e. The predicted molar refractivity (Wildman–Crippen MR) is 81.8 cm³/mol. The minimum Gasteiger partial charge on any atom is -0.380 e. The lowest BCUT2D eigenvalue weighted by atomic mass is 10.1. The number of carbonyl (C=O) groups excluding carboxylic acids is 1. The summed E-state index contributed by atoms with van der Waals surface area (Å²) in [5.41, 5.74) is 3.55. The largest absolute Gasteiger partial charge is 0.380 e. The third-order valence-electron chi connectivity index (χ3n) is 2.79. The van der Waals surface area contributed by atoms with Gasteiger partial charge in [0.2, 0.25) is 5.91 Å². The van der Waals surface area contributed by atoms with Crippen LogP contribution in [0.2, 0.25) is 0 Å². The lowest BCUT2D eigenvalue weighted by Crippen LogP contribution is -2.07. The van der Waals surface area contributed by atoms with Crippen molar-refractivity contribution < 1.29 is 4.79 Å². The third kappa shape index (κ3) is 3.59. The summed E-state index contributed by atoms with van der Waals surface area (Å²) < 4.78 is 0. The predicted octanol–water partition coefficient (Wildman–Crippen LogP) is 3.50. The first-order chi connectivity index (χ1) is 9.58. The molecule has 102 valence electrons. The average molecular weight is 285 g/mol. The molecule has 2 N–H and O–H groups in total. The van der Waals surface area contributed by atoms with Crippen molar-refractivity contribution in [2.24, 2.45) is 0 Å². The quantitative estimate of drug-likeness (QED) is 0.903. The molecule has 20 heavy (non-hydrogen) atoms. The van der Waals surface area contributed by atoms with Crippen molar-refractivity contribution in [1.82, 2.24) is 0 Å². The van der Waals surface area contributed by atoms with Gasteiger partial charge in [-0.25, -0.2) is 0 Å². The Hall–Kier alpha value is -2.32. The number of amides is 1. The van der Waals surface area contributed by atoms with E-state index in [0.717, 1.165) is 21.8 Å². The highest BCUT2D eigenvalue weighted by Gasteiger charge is 2.03. The van der Waals surface area contributed by atoms with Crippen molar-refractivity contribution in [3.05, 3.63) is 45.6 Å².